The zero-order valence-electron chi connectivity index (χ0n) is 11.3. The number of nitrogens with zero attached hydrogens (tertiary/aromatic N) is 2. The lowest BCUT2D eigenvalue weighted by atomic mass is 9.98. The normalized spacial score (nSPS) is 28.8. The van der Waals surface area contributed by atoms with Crippen LogP contribution in [-0.2, 0) is 6.18 Å². The van der Waals surface area contributed by atoms with Crippen LogP contribution < -0.4 is 5.73 Å². The Morgan fingerprint density at radius 1 is 1.33 bits per heavy atom. The Labute approximate surface area is 120 Å². The van der Waals surface area contributed by atoms with E-state index in [0.717, 1.165) is 18.9 Å². The predicted molar refractivity (Wildman–Crippen MR) is 69.3 cm³/mol. The van der Waals surface area contributed by atoms with Crippen molar-refractivity contribution in [3.63, 3.8) is 0 Å². The summed E-state index contributed by atoms with van der Waals surface area (Å²) in [5.74, 6) is -0.140. The van der Waals surface area contributed by atoms with Crippen molar-refractivity contribution in [3.05, 3.63) is 29.6 Å². The molecule has 2 aliphatic rings. The van der Waals surface area contributed by atoms with E-state index in [1.807, 2.05) is 0 Å². The molecule has 1 aliphatic heterocycles. The number of alkyl halides is 3. The second-order valence-electron chi connectivity index (χ2n) is 5.77. The molecule has 0 radical (unpaired) electrons. The summed E-state index contributed by atoms with van der Waals surface area (Å²) >= 11 is 0. The van der Waals surface area contributed by atoms with Crippen molar-refractivity contribution in [2.24, 2.45) is 17.6 Å². The van der Waals surface area contributed by atoms with Crippen molar-refractivity contribution in [2.75, 3.05) is 13.1 Å². The van der Waals surface area contributed by atoms with Crippen LogP contribution in [0, 0.1) is 11.8 Å². The van der Waals surface area contributed by atoms with Gasteiger partial charge in [-0.2, -0.15) is 13.2 Å². The highest BCUT2D eigenvalue weighted by Gasteiger charge is 2.44. The van der Waals surface area contributed by atoms with Gasteiger partial charge in [-0.3, -0.25) is 9.78 Å². The molecule has 3 rings (SSSR count). The number of rotatable bonds is 1. The standard InChI is InChI=1S/C14H16F3N3O/c15-14(16,17)10-2-1-5-19-12(10)13(21)20-6-8-3-4-11(18)9(8)7-20/h1-2,5,8-9,11H,3-4,6-7,18H2. The molecule has 21 heavy (non-hydrogen) atoms. The Bertz CT molecular complexity index is 561. The molecule has 4 nitrogen and oxygen atoms in total. The van der Waals surface area contributed by atoms with Gasteiger partial charge in [0.1, 0.15) is 5.69 Å². The second-order valence-corrected chi connectivity index (χ2v) is 5.77. The molecule has 0 spiro atoms. The summed E-state index contributed by atoms with van der Waals surface area (Å²) in [5.41, 5.74) is 4.50. The van der Waals surface area contributed by atoms with E-state index in [0.29, 0.717) is 19.0 Å². The Hall–Kier alpha value is -1.63. The summed E-state index contributed by atoms with van der Waals surface area (Å²) < 4.78 is 38.9. The molecule has 1 saturated carbocycles. The molecule has 2 N–H and O–H groups in total. The molecule has 1 amide bonds. The third-order valence-electron chi connectivity index (χ3n) is 4.52. The average molecular weight is 299 g/mol. The molecule has 114 valence electrons. The van der Waals surface area contributed by atoms with E-state index >= 15 is 0 Å². The first-order valence-electron chi connectivity index (χ1n) is 6.95. The Kier molecular flexibility index (Phi) is 3.39. The van der Waals surface area contributed by atoms with E-state index in [1.54, 1.807) is 0 Å². The van der Waals surface area contributed by atoms with Gasteiger partial charge >= 0.3 is 6.18 Å². The van der Waals surface area contributed by atoms with Crippen LogP contribution >= 0.6 is 0 Å². The van der Waals surface area contributed by atoms with Crippen LogP contribution in [0.15, 0.2) is 18.3 Å². The second kappa shape index (κ2) is 4.98. The van der Waals surface area contributed by atoms with Crippen LogP contribution in [0.4, 0.5) is 13.2 Å². The maximum absolute atomic E-state index is 13.0. The zero-order chi connectivity index (χ0) is 15.2. The van der Waals surface area contributed by atoms with Crippen LogP contribution in [-0.4, -0.2) is 34.9 Å². The van der Waals surface area contributed by atoms with Gasteiger partial charge in [0.15, 0.2) is 0 Å². The number of carbonyl (C=O) groups excluding carboxylic acids is 1. The van der Waals surface area contributed by atoms with Crippen molar-refractivity contribution in [1.29, 1.82) is 0 Å². The lowest BCUT2D eigenvalue weighted by molar-refractivity contribution is -0.138. The molecule has 0 aromatic carbocycles. The molecule has 1 aromatic rings. The third kappa shape index (κ3) is 2.50. The fourth-order valence-electron chi connectivity index (χ4n) is 3.43. The van der Waals surface area contributed by atoms with Gasteiger partial charge in [0.05, 0.1) is 5.56 Å². The smallest absolute Gasteiger partial charge is 0.337 e. The summed E-state index contributed by atoms with van der Waals surface area (Å²) in [6, 6.07) is 2.12. The molecule has 2 heterocycles. The number of hydrogen-bond donors (Lipinski definition) is 1. The topological polar surface area (TPSA) is 59.2 Å². The quantitative estimate of drug-likeness (QED) is 0.861. The van der Waals surface area contributed by atoms with Gasteiger partial charge in [-0.05, 0) is 36.8 Å². The summed E-state index contributed by atoms with van der Waals surface area (Å²) in [6.07, 6.45) is -1.50. The number of nitrogens with two attached hydrogens (primary N) is 1. The van der Waals surface area contributed by atoms with E-state index in [9.17, 15) is 18.0 Å². The first-order valence-corrected chi connectivity index (χ1v) is 6.95. The SMILES string of the molecule is NC1CCC2CN(C(=O)c3ncccc3C(F)(F)F)CC12. The van der Waals surface area contributed by atoms with Gasteiger partial charge < -0.3 is 10.6 Å². The van der Waals surface area contributed by atoms with Gasteiger partial charge in [-0.1, -0.05) is 0 Å². The number of aromatic nitrogens is 1. The lowest BCUT2D eigenvalue weighted by Crippen LogP contribution is -2.35. The van der Waals surface area contributed by atoms with Crippen molar-refractivity contribution in [1.82, 2.24) is 9.88 Å². The van der Waals surface area contributed by atoms with Crippen molar-refractivity contribution in [3.8, 4) is 0 Å². The van der Waals surface area contributed by atoms with Crippen LogP contribution in [0.5, 0.6) is 0 Å². The first-order chi connectivity index (χ1) is 9.88. The molecule has 0 bridgehead atoms. The maximum atomic E-state index is 13.0. The number of pyridine rings is 1. The van der Waals surface area contributed by atoms with Gasteiger partial charge in [-0.15, -0.1) is 0 Å². The van der Waals surface area contributed by atoms with E-state index in [2.05, 4.69) is 4.98 Å². The lowest BCUT2D eigenvalue weighted by Gasteiger charge is -2.20. The number of likely N-dealkylation sites (tertiary alicyclic amines) is 1. The van der Waals surface area contributed by atoms with E-state index in [-0.39, 0.29) is 12.0 Å². The fraction of sp³-hybridized carbons (Fsp3) is 0.571. The van der Waals surface area contributed by atoms with E-state index in [1.165, 1.54) is 17.2 Å². The number of carbonyl (C=O) groups is 1. The van der Waals surface area contributed by atoms with Crippen LogP contribution in [0.1, 0.15) is 28.9 Å². The van der Waals surface area contributed by atoms with Crippen LogP contribution in [0.2, 0.25) is 0 Å². The Balaban J connectivity index is 1.84. The molecular weight excluding hydrogens is 283 g/mol. The monoisotopic (exact) mass is 299 g/mol. The van der Waals surface area contributed by atoms with Crippen LogP contribution in [0.25, 0.3) is 0 Å². The first kappa shape index (κ1) is 14.3. The highest BCUT2D eigenvalue weighted by atomic mass is 19.4. The minimum absolute atomic E-state index is 0.0404. The number of fused-ring (bicyclic) bond motifs is 1. The highest BCUT2D eigenvalue weighted by molar-refractivity contribution is 5.94. The van der Waals surface area contributed by atoms with E-state index in [4.69, 9.17) is 5.73 Å². The van der Waals surface area contributed by atoms with E-state index < -0.39 is 23.3 Å². The maximum Gasteiger partial charge on any atom is 0.418 e. The third-order valence-corrected chi connectivity index (χ3v) is 4.52. The molecule has 3 unspecified atom stereocenters. The summed E-state index contributed by atoms with van der Waals surface area (Å²) in [4.78, 5) is 17.5. The number of halogens is 3. The zero-order valence-corrected chi connectivity index (χ0v) is 11.3. The largest absolute Gasteiger partial charge is 0.418 e. The number of amides is 1. The predicted octanol–water partition coefficient (Wildman–Crippen LogP) is 1.91. The average Bonchev–Trinajstić information content (AvgIpc) is 3.00. The van der Waals surface area contributed by atoms with Gasteiger partial charge in [0, 0.05) is 25.3 Å². The van der Waals surface area contributed by atoms with Crippen molar-refractivity contribution < 1.29 is 18.0 Å². The number of hydrogen-bond acceptors (Lipinski definition) is 3. The molecule has 1 aromatic heterocycles. The Morgan fingerprint density at radius 2 is 2.10 bits per heavy atom. The van der Waals surface area contributed by atoms with Crippen LogP contribution in [0.3, 0.4) is 0 Å². The van der Waals surface area contributed by atoms with Gasteiger partial charge in [0.25, 0.3) is 5.91 Å². The molecular formula is C14H16F3N3O. The minimum atomic E-state index is -4.58. The molecule has 2 fully saturated rings. The highest BCUT2D eigenvalue weighted by Crippen LogP contribution is 2.38. The molecule has 3 atom stereocenters. The van der Waals surface area contributed by atoms with Crippen molar-refractivity contribution >= 4 is 5.91 Å². The van der Waals surface area contributed by atoms with Gasteiger partial charge in [0.2, 0.25) is 0 Å². The molecule has 1 aliphatic carbocycles. The summed E-state index contributed by atoms with van der Waals surface area (Å²) in [5, 5.41) is 0. The summed E-state index contributed by atoms with van der Waals surface area (Å²) in [7, 11) is 0. The van der Waals surface area contributed by atoms with Gasteiger partial charge in [-0.25, -0.2) is 0 Å². The van der Waals surface area contributed by atoms with Crippen molar-refractivity contribution in [2.45, 2.75) is 25.1 Å². The minimum Gasteiger partial charge on any atom is -0.337 e. The Morgan fingerprint density at radius 3 is 2.76 bits per heavy atom. The summed E-state index contributed by atoms with van der Waals surface area (Å²) in [6.45, 7) is 0.906. The molecule has 1 saturated heterocycles. The molecule has 7 heteroatoms. The fourth-order valence-corrected chi connectivity index (χ4v) is 3.43.